The second-order valence-electron chi connectivity index (χ2n) is 3.35. The fourth-order valence-corrected chi connectivity index (χ4v) is 0.871. The van der Waals surface area contributed by atoms with Crippen LogP contribution in [0.15, 0.2) is 18.5 Å². The quantitative estimate of drug-likeness (QED) is 0.647. The normalized spacial score (nSPS) is 10.5. The summed E-state index contributed by atoms with van der Waals surface area (Å²) in [5, 5.41) is 0. The zero-order chi connectivity index (χ0) is 10.2. The van der Waals surface area contributed by atoms with Crippen molar-refractivity contribution in [2.45, 2.75) is 13.8 Å². The minimum atomic E-state index is 0.403. The Morgan fingerprint density at radius 2 is 1.93 bits per heavy atom. The van der Waals surface area contributed by atoms with E-state index in [4.69, 9.17) is 9.47 Å². The largest absolute Gasteiger partial charge is 0.461 e. The first-order valence-corrected chi connectivity index (χ1v) is 4.76. The molecule has 0 aliphatic carbocycles. The van der Waals surface area contributed by atoms with Gasteiger partial charge in [-0.1, -0.05) is 13.8 Å². The van der Waals surface area contributed by atoms with E-state index in [0.717, 1.165) is 6.61 Å². The van der Waals surface area contributed by atoms with Gasteiger partial charge in [0, 0.05) is 19.0 Å². The van der Waals surface area contributed by atoms with Crippen molar-refractivity contribution < 1.29 is 9.47 Å². The molecule has 0 radical (unpaired) electrons. The van der Waals surface area contributed by atoms with Gasteiger partial charge in [-0.25, -0.2) is 9.97 Å². The third-order valence-corrected chi connectivity index (χ3v) is 1.45. The molecule has 0 N–H and O–H groups in total. The highest BCUT2D eigenvalue weighted by molar-refractivity contribution is 4.92. The molecule has 0 fully saturated rings. The summed E-state index contributed by atoms with van der Waals surface area (Å²) in [6, 6.07) is 2.16. The van der Waals surface area contributed by atoms with E-state index < -0.39 is 0 Å². The molecule has 1 aromatic rings. The molecule has 0 aromatic carbocycles. The molecule has 78 valence electrons. The van der Waals surface area contributed by atoms with E-state index in [-0.39, 0.29) is 0 Å². The summed E-state index contributed by atoms with van der Waals surface area (Å²) in [5.41, 5.74) is 0. The first-order valence-electron chi connectivity index (χ1n) is 4.76. The maximum Gasteiger partial charge on any atom is 0.316 e. The predicted octanol–water partition coefficient (Wildman–Crippen LogP) is 1.53. The molecular weight excluding hydrogens is 180 g/mol. The molecule has 0 spiro atoms. The smallest absolute Gasteiger partial charge is 0.316 e. The summed E-state index contributed by atoms with van der Waals surface area (Å²) in [5.74, 6) is 0.558. The monoisotopic (exact) mass is 196 g/mol. The number of rotatable bonds is 6. The number of hydrogen-bond donors (Lipinski definition) is 0. The van der Waals surface area contributed by atoms with Crippen LogP contribution in [0.5, 0.6) is 6.01 Å². The fourth-order valence-electron chi connectivity index (χ4n) is 0.871. The first kappa shape index (κ1) is 10.9. The third-order valence-electron chi connectivity index (χ3n) is 1.45. The maximum absolute atomic E-state index is 5.34. The van der Waals surface area contributed by atoms with Crippen molar-refractivity contribution in [2.75, 3.05) is 19.8 Å². The van der Waals surface area contributed by atoms with Crippen molar-refractivity contribution in [3.63, 3.8) is 0 Å². The summed E-state index contributed by atoms with van der Waals surface area (Å²) in [4.78, 5) is 7.85. The molecule has 4 nitrogen and oxygen atoms in total. The van der Waals surface area contributed by atoms with Crippen LogP contribution < -0.4 is 4.74 Å². The van der Waals surface area contributed by atoms with Crippen molar-refractivity contribution in [3.05, 3.63) is 18.5 Å². The Bertz CT molecular complexity index is 239. The average molecular weight is 196 g/mol. The van der Waals surface area contributed by atoms with Crippen LogP contribution in [0.3, 0.4) is 0 Å². The Morgan fingerprint density at radius 1 is 1.21 bits per heavy atom. The van der Waals surface area contributed by atoms with Crippen LogP contribution in [0.1, 0.15) is 13.8 Å². The van der Waals surface area contributed by atoms with E-state index in [2.05, 4.69) is 23.8 Å². The van der Waals surface area contributed by atoms with E-state index in [1.54, 1.807) is 18.5 Å². The molecule has 0 saturated carbocycles. The van der Waals surface area contributed by atoms with Crippen molar-refractivity contribution in [2.24, 2.45) is 5.92 Å². The number of nitrogens with zero attached hydrogens (tertiary/aromatic N) is 2. The second-order valence-corrected chi connectivity index (χ2v) is 3.35. The average Bonchev–Trinajstić information content (AvgIpc) is 2.18. The fraction of sp³-hybridized carbons (Fsp3) is 0.600. The van der Waals surface area contributed by atoms with E-state index in [0.29, 0.717) is 25.1 Å². The van der Waals surface area contributed by atoms with E-state index in [1.807, 2.05) is 0 Å². The topological polar surface area (TPSA) is 44.2 Å². The minimum absolute atomic E-state index is 0.403. The summed E-state index contributed by atoms with van der Waals surface area (Å²) < 4.78 is 10.6. The van der Waals surface area contributed by atoms with Crippen LogP contribution in [-0.4, -0.2) is 29.8 Å². The summed E-state index contributed by atoms with van der Waals surface area (Å²) in [7, 11) is 0. The lowest BCUT2D eigenvalue weighted by Gasteiger charge is -2.06. The van der Waals surface area contributed by atoms with Gasteiger partial charge >= 0.3 is 6.01 Å². The van der Waals surface area contributed by atoms with Gasteiger partial charge < -0.3 is 9.47 Å². The lowest BCUT2D eigenvalue weighted by molar-refractivity contribution is 0.0792. The molecule has 14 heavy (non-hydrogen) atoms. The molecule has 0 amide bonds. The van der Waals surface area contributed by atoms with E-state index in [1.165, 1.54) is 0 Å². The van der Waals surface area contributed by atoms with Gasteiger partial charge in [0.1, 0.15) is 6.61 Å². The SMILES string of the molecule is CC(C)COCCOc1ncccn1. The van der Waals surface area contributed by atoms with Gasteiger partial charge in [-0.2, -0.15) is 0 Å². The standard InChI is InChI=1S/C10H16N2O2/c1-9(2)8-13-6-7-14-10-11-4-3-5-12-10/h3-5,9H,6-8H2,1-2H3. The molecule has 0 unspecified atom stereocenters. The van der Waals surface area contributed by atoms with Gasteiger partial charge in [-0.3, -0.25) is 0 Å². The van der Waals surface area contributed by atoms with Crippen molar-refractivity contribution in [1.82, 2.24) is 9.97 Å². The molecule has 0 bridgehead atoms. The summed E-state index contributed by atoms with van der Waals surface area (Å²) >= 11 is 0. The van der Waals surface area contributed by atoms with Gasteiger partial charge in [0.2, 0.25) is 0 Å². The Kier molecular flexibility index (Phi) is 4.93. The maximum atomic E-state index is 5.34. The zero-order valence-electron chi connectivity index (χ0n) is 8.64. The Hall–Kier alpha value is -1.16. The first-order chi connectivity index (χ1) is 6.79. The number of aromatic nitrogens is 2. The van der Waals surface area contributed by atoms with E-state index >= 15 is 0 Å². The van der Waals surface area contributed by atoms with Gasteiger partial charge in [0.15, 0.2) is 0 Å². The lowest BCUT2D eigenvalue weighted by Crippen LogP contribution is -2.11. The third kappa shape index (κ3) is 4.77. The second kappa shape index (κ2) is 6.32. The molecule has 0 aliphatic heterocycles. The van der Waals surface area contributed by atoms with Crippen molar-refractivity contribution in [3.8, 4) is 6.01 Å². The Labute approximate surface area is 84.3 Å². The summed E-state index contributed by atoms with van der Waals surface area (Å²) in [6.07, 6.45) is 3.30. The summed E-state index contributed by atoms with van der Waals surface area (Å²) in [6.45, 7) is 6.06. The molecule has 4 heteroatoms. The van der Waals surface area contributed by atoms with Crippen LogP contribution in [0.25, 0.3) is 0 Å². The molecule has 1 heterocycles. The molecule has 0 saturated heterocycles. The minimum Gasteiger partial charge on any atom is -0.461 e. The number of ether oxygens (including phenoxy) is 2. The molecule has 1 aromatic heterocycles. The van der Waals surface area contributed by atoms with Gasteiger partial charge in [0.25, 0.3) is 0 Å². The van der Waals surface area contributed by atoms with Gasteiger partial charge in [0.05, 0.1) is 6.61 Å². The number of hydrogen-bond acceptors (Lipinski definition) is 4. The van der Waals surface area contributed by atoms with Crippen LogP contribution in [0, 0.1) is 5.92 Å². The molecule has 0 atom stereocenters. The van der Waals surface area contributed by atoms with Crippen LogP contribution in [-0.2, 0) is 4.74 Å². The van der Waals surface area contributed by atoms with Crippen molar-refractivity contribution >= 4 is 0 Å². The Morgan fingerprint density at radius 3 is 2.57 bits per heavy atom. The van der Waals surface area contributed by atoms with Gasteiger partial charge in [-0.15, -0.1) is 0 Å². The highest BCUT2D eigenvalue weighted by Crippen LogP contribution is 1.97. The highest BCUT2D eigenvalue weighted by atomic mass is 16.5. The zero-order valence-corrected chi connectivity index (χ0v) is 8.64. The lowest BCUT2D eigenvalue weighted by atomic mass is 10.2. The van der Waals surface area contributed by atoms with Crippen LogP contribution >= 0.6 is 0 Å². The van der Waals surface area contributed by atoms with Crippen LogP contribution in [0.4, 0.5) is 0 Å². The molecular formula is C10H16N2O2. The van der Waals surface area contributed by atoms with Gasteiger partial charge in [-0.05, 0) is 12.0 Å². The van der Waals surface area contributed by atoms with Crippen LogP contribution in [0.2, 0.25) is 0 Å². The Balaban J connectivity index is 2.05. The highest BCUT2D eigenvalue weighted by Gasteiger charge is 1.96. The predicted molar refractivity (Wildman–Crippen MR) is 53.2 cm³/mol. The molecule has 1 rings (SSSR count). The van der Waals surface area contributed by atoms with E-state index in [9.17, 15) is 0 Å². The molecule has 0 aliphatic rings. The van der Waals surface area contributed by atoms with Crippen molar-refractivity contribution in [1.29, 1.82) is 0 Å².